The second-order valence-corrected chi connectivity index (χ2v) is 12.1. The first-order valence-electron chi connectivity index (χ1n) is 10.1. The van der Waals surface area contributed by atoms with Crippen LogP contribution >= 0.6 is 34.9 Å². The maximum Gasteiger partial charge on any atom is 0.190 e. The molecule has 2 aliphatic rings. The Balaban J connectivity index is 1.62. The molecular formula is C20H30N3O2S3+. The van der Waals surface area contributed by atoms with Crippen molar-refractivity contribution in [2.75, 3.05) is 38.6 Å². The molecule has 2 aromatic heterocycles. The third-order valence-corrected chi connectivity index (χ3v) is 8.05. The van der Waals surface area contributed by atoms with Crippen molar-refractivity contribution in [3.05, 3.63) is 10.4 Å². The molecule has 1 N–H and O–H groups in total. The Morgan fingerprint density at radius 3 is 2.75 bits per heavy atom. The maximum absolute atomic E-state index is 6.05. The molecule has 0 unspecified atom stereocenters. The molecular weight excluding hydrogens is 410 g/mol. The molecule has 154 valence electrons. The number of ether oxygens (including phenoxy) is 2. The number of hydrogen-bond acceptors (Lipinski definition) is 7. The molecule has 1 saturated heterocycles. The molecule has 0 aromatic carbocycles. The van der Waals surface area contributed by atoms with Gasteiger partial charge < -0.3 is 14.4 Å². The van der Waals surface area contributed by atoms with Crippen LogP contribution in [0.1, 0.15) is 38.1 Å². The maximum atomic E-state index is 6.05. The van der Waals surface area contributed by atoms with E-state index in [9.17, 15) is 0 Å². The van der Waals surface area contributed by atoms with E-state index >= 15 is 0 Å². The molecule has 0 spiro atoms. The zero-order chi connectivity index (χ0) is 19.7. The summed E-state index contributed by atoms with van der Waals surface area (Å²) >= 11 is 5.45. The minimum Gasteiger partial charge on any atom is -0.370 e. The summed E-state index contributed by atoms with van der Waals surface area (Å²) in [5.41, 5.74) is 1.30. The van der Waals surface area contributed by atoms with E-state index in [1.54, 1.807) is 28.0 Å². The first-order valence-corrected chi connectivity index (χ1v) is 12.8. The summed E-state index contributed by atoms with van der Waals surface area (Å²) in [7, 11) is 0. The zero-order valence-electron chi connectivity index (χ0n) is 17.2. The van der Waals surface area contributed by atoms with Crippen LogP contribution in [0.2, 0.25) is 0 Å². The number of thiophene rings is 1. The van der Waals surface area contributed by atoms with Crippen LogP contribution in [-0.2, 0) is 22.5 Å². The lowest BCUT2D eigenvalue weighted by Gasteiger charge is -2.30. The fraction of sp³-hybridized carbons (Fsp3) is 0.700. The Labute approximate surface area is 180 Å². The van der Waals surface area contributed by atoms with E-state index in [-0.39, 0.29) is 5.60 Å². The van der Waals surface area contributed by atoms with Crippen molar-refractivity contribution in [3.8, 4) is 0 Å². The molecule has 0 saturated carbocycles. The van der Waals surface area contributed by atoms with Gasteiger partial charge in [-0.25, -0.2) is 9.97 Å². The third kappa shape index (κ3) is 4.84. The number of fused-ring (bicyclic) bond motifs is 3. The van der Waals surface area contributed by atoms with Crippen LogP contribution in [0.4, 0.5) is 0 Å². The number of rotatable bonds is 6. The highest BCUT2D eigenvalue weighted by atomic mass is 32.2. The fourth-order valence-corrected chi connectivity index (χ4v) is 6.75. The second kappa shape index (κ2) is 8.78. The van der Waals surface area contributed by atoms with Crippen molar-refractivity contribution < 1.29 is 14.4 Å². The molecule has 8 heteroatoms. The number of nitrogens with one attached hydrogen (secondary N) is 1. The molecule has 4 rings (SSSR count). The van der Waals surface area contributed by atoms with E-state index in [4.69, 9.17) is 19.4 Å². The summed E-state index contributed by atoms with van der Waals surface area (Å²) in [6.07, 6.45) is 0.935. The van der Waals surface area contributed by atoms with Gasteiger partial charge in [0.15, 0.2) is 5.16 Å². The van der Waals surface area contributed by atoms with Crippen molar-refractivity contribution in [3.63, 3.8) is 0 Å². The largest absolute Gasteiger partial charge is 0.370 e. The van der Waals surface area contributed by atoms with Crippen molar-refractivity contribution >= 4 is 45.1 Å². The number of quaternary nitrogens is 1. The van der Waals surface area contributed by atoms with Gasteiger partial charge in [-0.2, -0.15) is 0 Å². The lowest BCUT2D eigenvalue weighted by Crippen LogP contribution is -3.14. The summed E-state index contributed by atoms with van der Waals surface area (Å²) in [5.74, 6) is 1.08. The van der Waals surface area contributed by atoms with Gasteiger partial charge in [0.1, 0.15) is 22.9 Å². The van der Waals surface area contributed by atoms with E-state index in [0.717, 1.165) is 60.0 Å². The van der Waals surface area contributed by atoms with Crippen molar-refractivity contribution in [1.82, 2.24) is 9.97 Å². The lowest BCUT2D eigenvalue weighted by atomic mass is 9.95. The number of morpholine rings is 1. The minimum atomic E-state index is -0.119. The first kappa shape index (κ1) is 20.9. The van der Waals surface area contributed by atoms with E-state index in [1.807, 2.05) is 11.8 Å². The SMILES string of the molecule is CC(C)Sc1nc(SCC[NH+]2CCOCC2)c2c3c(sc2n1)COC(C)(C)C3. The van der Waals surface area contributed by atoms with Crippen LogP contribution in [0.3, 0.4) is 0 Å². The molecule has 0 amide bonds. The van der Waals surface area contributed by atoms with Gasteiger partial charge in [-0.15, -0.1) is 11.3 Å². The summed E-state index contributed by atoms with van der Waals surface area (Å²) in [6.45, 7) is 14.6. The topological polar surface area (TPSA) is 48.7 Å². The molecule has 0 radical (unpaired) electrons. The van der Waals surface area contributed by atoms with Crippen molar-refractivity contribution in [2.45, 2.75) is 61.8 Å². The predicted molar refractivity (Wildman–Crippen MR) is 118 cm³/mol. The average molecular weight is 441 g/mol. The van der Waals surface area contributed by atoms with Gasteiger partial charge in [0.2, 0.25) is 0 Å². The molecule has 2 aliphatic heterocycles. The highest BCUT2D eigenvalue weighted by Crippen LogP contribution is 2.42. The Bertz CT molecular complexity index is 832. The van der Waals surface area contributed by atoms with Crippen molar-refractivity contribution in [2.24, 2.45) is 0 Å². The minimum absolute atomic E-state index is 0.119. The van der Waals surface area contributed by atoms with Gasteiger partial charge in [0.25, 0.3) is 0 Å². The molecule has 4 heterocycles. The van der Waals surface area contributed by atoms with Crippen molar-refractivity contribution in [1.29, 1.82) is 0 Å². The highest BCUT2D eigenvalue weighted by molar-refractivity contribution is 8.00. The third-order valence-electron chi connectivity index (χ3n) is 5.11. The van der Waals surface area contributed by atoms with E-state index in [2.05, 4.69) is 27.7 Å². The lowest BCUT2D eigenvalue weighted by molar-refractivity contribution is -0.905. The van der Waals surface area contributed by atoms with Gasteiger partial charge >= 0.3 is 0 Å². The van der Waals surface area contributed by atoms with Gasteiger partial charge in [-0.3, -0.25) is 0 Å². The van der Waals surface area contributed by atoms with Gasteiger partial charge in [0, 0.05) is 27.7 Å². The summed E-state index contributed by atoms with van der Waals surface area (Å²) in [5, 5.41) is 3.83. The molecule has 1 fully saturated rings. The number of nitrogens with zero attached hydrogens (tertiary/aromatic N) is 2. The van der Waals surface area contributed by atoms with E-state index in [1.165, 1.54) is 15.8 Å². The fourth-order valence-electron chi connectivity index (χ4n) is 3.66. The standard InChI is InChI=1S/C20H29N3O2S3/c1-13(2)27-19-21-17(26-10-7-23-5-8-24-9-6-23)16-14-11-20(3,4)25-12-15(14)28-18(16)22-19/h13H,5-12H2,1-4H3/p+1. The normalized spacial score (nSPS) is 20.0. The van der Waals surface area contributed by atoms with Gasteiger partial charge in [-0.1, -0.05) is 37.4 Å². The molecule has 2 aromatic rings. The van der Waals surface area contributed by atoms with Crippen LogP contribution in [0, 0.1) is 0 Å². The van der Waals surface area contributed by atoms with Gasteiger partial charge in [-0.05, 0) is 19.4 Å². The highest BCUT2D eigenvalue weighted by Gasteiger charge is 2.31. The molecule has 0 aliphatic carbocycles. The Morgan fingerprint density at radius 2 is 2.00 bits per heavy atom. The van der Waals surface area contributed by atoms with Crippen LogP contribution in [0.15, 0.2) is 10.2 Å². The molecule has 5 nitrogen and oxygen atoms in total. The van der Waals surface area contributed by atoms with E-state index in [0.29, 0.717) is 11.9 Å². The average Bonchev–Trinajstić information content (AvgIpc) is 2.98. The Hall–Kier alpha value is -0.380. The predicted octanol–water partition coefficient (Wildman–Crippen LogP) is 3.05. The van der Waals surface area contributed by atoms with Crippen LogP contribution in [-0.4, -0.2) is 59.4 Å². The van der Waals surface area contributed by atoms with Crippen LogP contribution < -0.4 is 4.90 Å². The smallest absolute Gasteiger partial charge is 0.190 e. The molecule has 28 heavy (non-hydrogen) atoms. The molecule has 0 atom stereocenters. The Kier molecular flexibility index (Phi) is 6.54. The second-order valence-electron chi connectivity index (χ2n) is 8.35. The summed E-state index contributed by atoms with van der Waals surface area (Å²) in [6, 6.07) is 0. The number of thioether (sulfide) groups is 2. The van der Waals surface area contributed by atoms with Crippen LogP contribution in [0.25, 0.3) is 10.2 Å². The van der Waals surface area contributed by atoms with Crippen LogP contribution in [0.5, 0.6) is 0 Å². The van der Waals surface area contributed by atoms with Gasteiger partial charge in [0.05, 0.1) is 32.0 Å². The Morgan fingerprint density at radius 1 is 1.21 bits per heavy atom. The number of aromatic nitrogens is 2. The van der Waals surface area contributed by atoms with E-state index < -0.39 is 0 Å². The zero-order valence-corrected chi connectivity index (χ0v) is 19.6. The summed E-state index contributed by atoms with van der Waals surface area (Å²) < 4.78 is 11.5. The quantitative estimate of drug-likeness (QED) is 0.423. The molecule has 0 bridgehead atoms. The summed E-state index contributed by atoms with van der Waals surface area (Å²) in [4.78, 5) is 14.0. The monoisotopic (exact) mass is 440 g/mol. The first-order chi connectivity index (χ1) is 13.4. The number of hydrogen-bond donors (Lipinski definition) is 1.